The van der Waals surface area contributed by atoms with Crippen molar-refractivity contribution in [3.8, 4) is 11.1 Å². The van der Waals surface area contributed by atoms with E-state index in [4.69, 9.17) is 40.6 Å². The normalized spacial score (nSPS) is 10.8. The molecule has 0 saturated carbocycles. The molecular formula is C21H22Cl3N5O. The number of rotatable bonds is 7. The third kappa shape index (κ3) is 5.08. The molecule has 3 aromatic rings. The molecule has 0 aliphatic rings. The van der Waals surface area contributed by atoms with Crippen molar-refractivity contribution in [1.82, 2.24) is 10.4 Å². The number of nitrogens with two attached hydrogens (primary N) is 1. The number of hydrogen-bond donors (Lipinski definition) is 3. The van der Waals surface area contributed by atoms with Crippen molar-refractivity contribution in [2.45, 2.75) is 6.92 Å². The summed E-state index contributed by atoms with van der Waals surface area (Å²) in [6, 6.07) is 12.8. The molecule has 2 aromatic carbocycles. The van der Waals surface area contributed by atoms with Gasteiger partial charge in [-0.1, -0.05) is 17.7 Å². The molecule has 4 N–H and O–H groups in total. The predicted octanol–water partition coefficient (Wildman–Crippen LogP) is 5.14. The van der Waals surface area contributed by atoms with Crippen molar-refractivity contribution < 1.29 is 4.79 Å². The second-order valence-electron chi connectivity index (χ2n) is 6.67. The van der Waals surface area contributed by atoms with E-state index < -0.39 is 6.03 Å². The molecule has 6 nitrogen and oxygen atoms in total. The van der Waals surface area contributed by atoms with Gasteiger partial charge in [0.25, 0.3) is 0 Å². The Bertz CT molecular complexity index is 1050. The van der Waals surface area contributed by atoms with Crippen LogP contribution in [-0.2, 0) is 0 Å². The first-order valence-electron chi connectivity index (χ1n) is 9.32. The van der Waals surface area contributed by atoms with Crippen LogP contribution < -0.4 is 21.5 Å². The van der Waals surface area contributed by atoms with Crippen LogP contribution >= 0.6 is 34.8 Å². The van der Waals surface area contributed by atoms with Gasteiger partial charge in [-0.25, -0.2) is 10.6 Å². The van der Waals surface area contributed by atoms with E-state index in [1.54, 1.807) is 0 Å². The average Bonchev–Trinajstić information content (AvgIpc) is 2.72. The van der Waals surface area contributed by atoms with E-state index in [-0.39, 0.29) is 0 Å². The molecule has 0 aliphatic heterocycles. The van der Waals surface area contributed by atoms with Gasteiger partial charge in [-0.3, -0.25) is 10.4 Å². The van der Waals surface area contributed by atoms with Crippen LogP contribution in [-0.4, -0.2) is 35.9 Å². The lowest BCUT2D eigenvalue weighted by atomic mass is 9.97. The molecule has 1 aromatic heterocycles. The van der Waals surface area contributed by atoms with Gasteiger partial charge in [0.15, 0.2) is 0 Å². The lowest BCUT2D eigenvalue weighted by molar-refractivity contribution is 0.252. The summed E-state index contributed by atoms with van der Waals surface area (Å²) in [5.41, 5.74) is 7.16. The Morgan fingerprint density at radius 2 is 1.80 bits per heavy atom. The molecule has 0 fully saturated rings. The van der Waals surface area contributed by atoms with Crippen LogP contribution in [0.3, 0.4) is 0 Å². The number of benzene rings is 2. The van der Waals surface area contributed by atoms with Gasteiger partial charge in [0.05, 0.1) is 5.52 Å². The molecule has 0 atom stereocenters. The fraction of sp³-hybridized carbons (Fsp3) is 0.238. The third-order valence-electron chi connectivity index (χ3n) is 4.63. The highest BCUT2D eigenvalue weighted by Gasteiger charge is 2.17. The van der Waals surface area contributed by atoms with Gasteiger partial charge in [0.1, 0.15) is 0 Å². The van der Waals surface area contributed by atoms with Crippen LogP contribution in [0.2, 0.25) is 5.02 Å². The number of hydrogen-bond acceptors (Lipinski definition) is 4. The molecular weight excluding hydrogens is 445 g/mol. The number of nitrogens with zero attached hydrogens (tertiary/aromatic N) is 2. The second-order valence-corrected chi connectivity index (χ2v) is 7.86. The van der Waals surface area contributed by atoms with E-state index in [2.05, 4.69) is 20.6 Å². The fourth-order valence-electron chi connectivity index (χ4n) is 3.39. The Hall–Kier alpha value is -2.25. The van der Waals surface area contributed by atoms with Gasteiger partial charge in [-0.2, -0.15) is 0 Å². The maximum absolute atomic E-state index is 11.7. The number of pyridine rings is 1. The maximum Gasteiger partial charge on any atom is 0.333 e. The molecule has 1 heterocycles. The number of carbonyl (C=O) groups is 1. The fourth-order valence-corrected chi connectivity index (χ4v) is 3.96. The highest BCUT2D eigenvalue weighted by Crippen LogP contribution is 2.38. The van der Waals surface area contributed by atoms with Crippen LogP contribution in [0, 0.1) is 6.92 Å². The number of hydrazine groups is 1. The summed E-state index contributed by atoms with van der Waals surface area (Å²) >= 11 is 18.3. The van der Waals surface area contributed by atoms with E-state index in [1.807, 2.05) is 49.4 Å². The number of urea groups is 1. The highest BCUT2D eigenvalue weighted by atomic mass is 35.5. The van der Waals surface area contributed by atoms with Crippen molar-refractivity contribution in [2.24, 2.45) is 5.84 Å². The van der Waals surface area contributed by atoms with Gasteiger partial charge in [0, 0.05) is 57.9 Å². The Balaban J connectivity index is 2.25. The first-order chi connectivity index (χ1) is 14.5. The smallest absolute Gasteiger partial charge is 0.333 e. The standard InChI is InChI=1S/C21H22Cl3N5O/c1-13-10-17(16-4-2-14(24)11-19(16)26-13)18-12-15(27-21(30)28-25)3-5-20(18)29(8-6-22)9-7-23/h2-5,10-12H,6-9,25H2,1H3,(H2,27,28,30). The van der Waals surface area contributed by atoms with Crippen LogP contribution in [0.4, 0.5) is 16.2 Å². The molecule has 0 aliphatic carbocycles. The van der Waals surface area contributed by atoms with E-state index in [9.17, 15) is 4.79 Å². The first-order valence-corrected chi connectivity index (χ1v) is 10.8. The van der Waals surface area contributed by atoms with Crippen molar-refractivity contribution in [2.75, 3.05) is 35.1 Å². The van der Waals surface area contributed by atoms with E-state index in [1.165, 1.54) is 0 Å². The van der Waals surface area contributed by atoms with Gasteiger partial charge >= 0.3 is 6.03 Å². The van der Waals surface area contributed by atoms with Gasteiger partial charge < -0.3 is 10.2 Å². The summed E-state index contributed by atoms with van der Waals surface area (Å²) in [6.45, 7) is 3.19. The number of amides is 2. The van der Waals surface area contributed by atoms with Crippen molar-refractivity contribution in [3.63, 3.8) is 0 Å². The van der Waals surface area contributed by atoms with Crippen LogP contribution in [0.25, 0.3) is 22.0 Å². The minimum absolute atomic E-state index is 0.456. The number of halogens is 3. The largest absolute Gasteiger partial charge is 0.369 e. The number of nitrogens with one attached hydrogen (secondary N) is 2. The Morgan fingerprint density at radius 1 is 1.07 bits per heavy atom. The average molecular weight is 467 g/mol. The number of fused-ring (bicyclic) bond motifs is 1. The van der Waals surface area contributed by atoms with Gasteiger partial charge in [-0.05, 0) is 48.9 Å². The number of aromatic nitrogens is 1. The highest BCUT2D eigenvalue weighted by molar-refractivity contribution is 6.31. The number of anilines is 2. The summed E-state index contributed by atoms with van der Waals surface area (Å²) in [6.07, 6.45) is 0. The molecule has 30 heavy (non-hydrogen) atoms. The summed E-state index contributed by atoms with van der Waals surface area (Å²) in [5.74, 6) is 6.13. The molecule has 0 radical (unpaired) electrons. The zero-order valence-electron chi connectivity index (χ0n) is 16.4. The minimum atomic E-state index is -0.505. The minimum Gasteiger partial charge on any atom is -0.369 e. The van der Waals surface area contributed by atoms with Crippen LogP contribution in [0.1, 0.15) is 5.69 Å². The topological polar surface area (TPSA) is 83.3 Å². The second kappa shape index (κ2) is 10.2. The van der Waals surface area contributed by atoms with E-state index in [0.717, 1.165) is 33.4 Å². The van der Waals surface area contributed by atoms with Gasteiger partial charge in [0.2, 0.25) is 0 Å². The lowest BCUT2D eigenvalue weighted by Gasteiger charge is -2.27. The van der Waals surface area contributed by atoms with Crippen molar-refractivity contribution in [1.29, 1.82) is 0 Å². The Kier molecular flexibility index (Phi) is 7.61. The zero-order valence-corrected chi connectivity index (χ0v) is 18.7. The van der Waals surface area contributed by atoms with Crippen molar-refractivity contribution in [3.05, 3.63) is 53.2 Å². The summed E-state index contributed by atoms with van der Waals surface area (Å²) in [7, 11) is 0. The predicted molar refractivity (Wildman–Crippen MR) is 127 cm³/mol. The molecule has 0 unspecified atom stereocenters. The molecule has 0 spiro atoms. The summed E-state index contributed by atoms with van der Waals surface area (Å²) in [5, 5.41) is 4.29. The van der Waals surface area contributed by atoms with Crippen LogP contribution in [0.15, 0.2) is 42.5 Å². The quantitative estimate of drug-likeness (QED) is 0.195. The third-order valence-corrected chi connectivity index (χ3v) is 5.20. The Labute approximate surface area is 190 Å². The number of carbonyl (C=O) groups excluding carboxylic acids is 1. The molecule has 0 bridgehead atoms. The number of alkyl halides is 2. The molecule has 3 rings (SSSR count). The van der Waals surface area contributed by atoms with Crippen LogP contribution in [0.5, 0.6) is 0 Å². The summed E-state index contributed by atoms with van der Waals surface area (Å²) < 4.78 is 0. The van der Waals surface area contributed by atoms with E-state index >= 15 is 0 Å². The molecule has 0 saturated heterocycles. The first kappa shape index (κ1) is 22.4. The molecule has 2 amide bonds. The lowest BCUT2D eigenvalue weighted by Crippen LogP contribution is -2.34. The molecule has 9 heteroatoms. The Morgan fingerprint density at radius 3 is 2.47 bits per heavy atom. The van der Waals surface area contributed by atoms with Gasteiger partial charge in [-0.15, -0.1) is 23.2 Å². The van der Waals surface area contributed by atoms with E-state index in [0.29, 0.717) is 35.6 Å². The molecule has 158 valence electrons. The SMILES string of the molecule is Cc1cc(-c2cc(NC(=O)NN)ccc2N(CCCl)CCCl)c2ccc(Cl)cc2n1. The maximum atomic E-state index is 11.7. The number of aryl methyl sites for hydroxylation is 1. The monoisotopic (exact) mass is 465 g/mol. The summed E-state index contributed by atoms with van der Waals surface area (Å²) in [4.78, 5) is 18.5. The zero-order chi connectivity index (χ0) is 21.7. The van der Waals surface area contributed by atoms with Crippen molar-refractivity contribution >= 4 is 63.1 Å².